The Morgan fingerprint density at radius 2 is 1.83 bits per heavy atom. The van der Waals surface area contributed by atoms with Gasteiger partial charge in [0, 0.05) is 6.04 Å². The highest BCUT2D eigenvalue weighted by Crippen LogP contribution is 2.12. The molecular weight excluding hydrogens is 178 g/mol. The van der Waals surface area contributed by atoms with Crippen LogP contribution in [0.25, 0.3) is 0 Å². The summed E-state index contributed by atoms with van der Waals surface area (Å²) in [5.74, 6) is 0. The Balaban J connectivity index is 0. The van der Waals surface area contributed by atoms with Crippen molar-refractivity contribution < 1.29 is 9.77 Å². The van der Waals surface area contributed by atoms with Crippen LogP contribution in [0.5, 0.6) is 0 Å². The second kappa shape index (κ2) is 7.80. The minimum atomic E-state index is -0.519. The lowest BCUT2D eigenvalue weighted by Gasteiger charge is -2.16. The van der Waals surface area contributed by atoms with Crippen molar-refractivity contribution in [1.29, 1.82) is 0 Å². The molecule has 0 rings (SSSR count). The summed E-state index contributed by atoms with van der Waals surface area (Å²) < 4.78 is 6.47. The first-order valence-electron chi connectivity index (χ1n) is 4.07. The molecule has 0 aromatic heterocycles. The molecule has 1 unspecified atom stereocenters. The van der Waals surface area contributed by atoms with E-state index >= 15 is 0 Å². The van der Waals surface area contributed by atoms with Gasteiger partial charge in [0.25, 0.3) is 0 Å². The maximum Gasteiger partial charge on any atom is 0.0591 e. The summed E-state index contributed by atoms with van der Waals surface area (Å²) in [7, 11) is 0. The van der Waals surface area contributed by atoms with Gasteiger partial charge in [-0.1, -0.05) is 0 Å². The smallest absolute Gasteiger partial charge is 0.0591 e. The van der Waals surface area contributed by atoms with E-state index in [2.05, 4.69) is 11.9 Å². The van der Waals surface area contributed by atoms with Crippen molar-refractivity contribution in [3.05, 3.63) is 0 Å². The van der Waals surface area contributed by atoms with Crippen LogP contribution in [0.4, 0.5) is 0 Å². The molecule has 1 atom stereocenters. The fourth-order valence-corrected chi connectivity index (χ4v) is 0.857. The molecule has 4 N–H and O–H groups in total. The first-order valence-corrected chi connectivity index (χ1v) is 4.40. The fourth-order valence-electron chi connectivity index (χ4n) is 0.857. The van der Waals surface area contributed by atoms with E-state index in [1.807, 2.05) is 20.8 Å². The van der Waals surface area contributed by atoms with Crippen LogP contribution >= 0.6 is 11.9 Å². The lowest BCUT2D eigenvalue weighted by molar-refractivity contribution is 0.0678. The van der Waals surface area contributed by atoms with Gasteiger partial charge in [-0.2, -0.15) is 0 Å². The van der Waals surface area contributed by atoms with E-state index in [1.54, 1.807) is 0 Å². The van der Waals surface area contributed by atoms with Crippen molar-refractivity contribution >= 4 is 11.9 Å². The van der Waals surface area contributed by atoms with Crippen LogP contribution in [0.2, 0.25) is 0 Å². The SMILES string of the molecule is CC(N)CCCC(C)(C)O.OCl. The van der Waals surface area contributed by atoms with Crippen LogP contribution in [0, 0.1) is 0 Å². The number of hydrogen-bond acceptors (Lipinski definition) is 3. The van der Waals surface area contributed by atoms with Gasteiger partial charge in [0.2, 0.25) is 0 Å². The summed E-state index contributed by atoms with van der Waals surface area (Å²) in [5.41, 5.74) is 5.02. The zero-order chi connectivity index (χ0) is 10.2. The maximum atomic E-state index is 9.29. The Bertz CT molecular complexity index is 91.5. The molecule has 0 aliphatic rings. The molecule has 0 amide bonds. The highest BCUT2D eigenvalue weighted by Gasteiger charge is 2.11. The van der Waals surface area contributed by atoms with E-state index in [0.717, 1.165) is 19.3 Å². The second-order valence-corrected chi connectivity index (χ2v) is 3.68. The molecule has 0 aromatic rings. The quantitative estimate of drug-likeness (QED) is 0.639. The van der Waals surface area contributed by atoms with Gasteiger partial charge in [-0.3, -0.25) is 4.66 Å². The van der Waals surface area contributed by atoms with Crippen LogP contribution in [0.3, 0.4) is 0 Å². The molecule has 0 fully saturated rings. The molecule has 0 saturated heterocycles. The molecule has 0 aromatic carbocycles. The highest BCUT2D eigenvalue weighted by molar-refractivity contribution is 6.04. The first kappa shape index (κ1) is 14.7. The van der Waals surface area contributed by atoms with Crippen molar-refractivity contribution in [1.82, 2.24) is 0 Å². The van der Waals surface area contributed by atoms with Crippen molar-refractivity contribution in [2.45, 2.75) is 51.7 Å². The minimum Gasteiger partial charge on any atom is -0.390 e. The second-order valence-electron chi connectivity index (χ2n) is 3.68. The lowest BCUT2D eigenvalue weighted by atomic mass is 10.0. The Hall–Kier alpha value is 0.170. The number of nitrogens with two attached hydrogens (primary N) is 1. The maximum absolute atomic E-state index is 9.29. The van der Waals surface area contributed by atoms with Crippen LogP contribution in [-0.2, 0) is 0 Å². The lowest BCUT2D eigenvalue weighted by Crippen LogP contribution is -2.20. The number of aliphatic hydroxyl groups is 1. The van der Waals surface area contributed by atoms with E-state index in [0.29, 0.717) is 0 Å². The van der Waals surface area contributed by atoms with Crippen LogP contribution in [0.1, 0.15) is 40.0 Å². The largest absolute Gasteiger partial charge is 0.390 e. The molecule has 0 bridgehead atoms. The molecule has 3 nitrogen and oxygen atoms in total. The average Bonchev–Trinajstić information content (AvgIpc) is 1.88. The predicted octanol–water partition coefficient (Wildman–Crippen LogP) is 1.41. The van der Waals surface area contributed by atoms with Gasteiger partial charge in [-0.25, -0.2) is 0 Å². The van der Waals surface area contributed by atoms with Crippen LogP contribution in [-0.4, -0.2) is 21.4 Å². The molecule has 4 heteroatoms. The molecule has 76 valence electrons. The monoisotopic (exact) mass is 197 g/mol. The Morgan fingerprint density at radius 3 is 2.08 bits per heavy atom. The third kappa shape index (κ3) is 16.6. The van der Waals surface area contributed by atoms with E-state index in [9.17, 15) is 5.11 Å². The van der Waals surface area contributed by atoms with E-state index in [-0.39, 0.29) is 6.04 Å². The summed E-state index contributed by atoms with van der Waals surface area (Å²) in [6, 6.07) is 0.266. The zero-order valence-electron chi connectivity index (χ0n) is 8.05. The third-order valence-corrected chi connectivity index (χ3v) is 1.45. The molecule has 0 radical (unpaired) electrons. The van der Waals surface area contributed by atoms with Crippen molar-refractivity contribution in [3.8, 4) is 0 Å². The van der Waals surface area contributed by atoms with Gasteiger partial charge in [0.1, 0.15) is 0 Å². The van der Waals surface area contributed by atoms with Gasteiger partial charge in [0.15, 0.2) is 0 Å². The molecule has 0 saturated carbocycles. The summed E-state index contributed by atoms with van der Waals surface area (Å²) in [5, 5.41) is 9.29. The summed E-state index contributed by atoms with van der Waals surface area (Å²) in [6.45, 7) is 5.65. The van der Waals surface area contributed by atoms with Gasteiger partial charge in [-0.15, -0.1) is 0 Å². The summed E-state index contributed by atoms with van der Waals surface area (Å²) in [6.07, 6.45) is 2.86. The van der Waals surface area contributed by atoms with Crippen molar-refractivity contribution in [2.75, 3.05) is 0 Å². The molecule has 0 spiro atoms. The van der Waals surface area contributed by atoms with E-state index in [4.69, 9.17) is 10.4 Å². The Labute approximate surface area is 79.7 Å². The topological polar surface area (TPSA) is 66.5 Å². The molecule has 0 heterocycles. The van der Waals surface area contributed by atoms with Crippen molar-refractivity contribution in [2.24, 2.45) is 5.73 Å². The molecule has 0 aliphatic heterocycles. The standard InChI is InChI=1S/C8H19NO.ClHO/c1-7(9)5-4-6-8(2,3)10;1-2/h7,10H,4-6,9H2,1-3H3;2H. The van der Waals surface area contributed by atoms with Gasteiger partial charge in [-0.05, 0) is 40.0 Å². The molecule has 12 heavy (non-hydrogen) atoms. The normalized spacial score (nSPS) is 13.2. The Morgan fingerprint density at radius 1 is 1.42 bits per heavy atom. The van der Waals surface area contributed by atoms with Crippen molar-refractivity contribution in [3.63, 3.8) is 0 Å². The molecule has 0 aliphatic carbocycles. The average molecular weight is 198 g/mol. The predicted molar refractivity (Wildman–Crippen MR) is 51.9 cm³/mol. The molecular formula is C8H20ClNO2. The summed E-state index contributed by atoms with van der Waals surface area (Å²) >= 11 is 3.64. The van der Waals surface area contributed by atoms with Gasteiger partial charge in [0.05, 0.1) is 17.5 Å². The fraction of sp³-hybridized carbons (Fsp3) is 1.00. The number of hydrogen-bond donors (Lipinski definition) is 3. The van der Waals surface area contributed by atoms with Gasteiger partial charge < -0.3 is 10.8 Å². The summed E-state index contributed by atoms with van der Waals surface area (Å²) in [4.78, 5) is 0. The highest BCUT2D eigenvalue weighted by atomic mass is 35.5. The number of halogens is 1. The minimum absolute atomic E-state index is 0.266. The third-order valence-electron chi connectivity index (χ3n) is 1.45. The first-order chi connectivity index (χ1) is 5.42. The number of rotatable bonds is 4. The van der Waals surface area contributed by atoms with Gasteiger partial charge >= 0.3 is 0 Å². The Kier molecular flexibility index (Phi) is 9.54. The van der Waals surface area contributed by atoms with Crippen LogP contribution < -0.4 is 5.73 Å². The van der Waals surface area contributed by atoms with Crippen LogP contribution in [0.15, 0.2) is 0 Å². The van der Waals surface area contributed by atoms with E-state index in [1.165, 1.54) is 0 Å². The van der Waals surface area contributed by atoms with E-state index < -0.39 is 5.60 Å². The zero-order valence-corrected chi connectivity index (χ0v) is 8.80.